The van der Waals surface area contributed by atoms with E-state index in [4.69, 9.17) is 10.3 Å². The van der Waals surface area contributed by atoms with Crippen molar-refractivity contribution < 1.29 is 15.1 Å². The third-order valence-electron chi connectivity index (χ3n) is 3.91. The van der Waals surface area contributed by atoms with Crippen LogP contribution >= 0.6 is 0 Å². The van der Waals surface area contributed by atoms with Crippen LogP contribution in [0, 0.1) is 0 Å². The van der Waals surface area contributed by atoms with E-state index in [1.165, 1.54) is 6.21 Å². The van der Waals surface area contributed by atoms with Gasteiger partial charge in [0.1, 0.15) is 0 Å². The van der Waals surface area contributed by atoms with Crippen molar-refractivity contribution in [2.75, 3.05) is 0 Å². The topological polar surface area (TPSA) is 69.9 Å². The summed E-state index contributed by atoms with van der Waals surface area (Å²) in [5.74, 6) is -1.01. The number of nitrogens with zero attached hydrogens (tertiary/aromatic N) is 1. The normalized spacial score (nSPS) is 11.3. The molecule has 2 N–H and O–H groups in total. The van der Waals surface area contributed by atoms with E-state index in [9.17, 15) is 4.79 Å². The van der Waals surface area contributed by atoms with Gasteiger partial charge in [-0.05, 0) is 33.2 Å². The molecule has 0 saturated carbocycles. The summed E-state index contributed by atoms with van der Waals surface area (Å²) in [6.45, 7) is 3.61. The van der Waals surface area contributed by atoms with Gasteiger partial charge < -0.3 is 10.3 Å². The second-order valence-corrected chi connectivity index (χ2v) is 5.36. The van der Waals surface area contributed by atoms with Crippen molar-refractivity contribution in [2.45, 2.75) is 6.42 Å². The van der Waals surface area contributed by atoms with Gasteiger partial charge in [-0.2, -0.15) is 0 Å². The molecule has 0 spiro atoms. The fourth-order valence-corrected chi connectivity index (χ4v) is 2.88. The Bertz CT molecular complexity index is 957. The molecule has 0 radical (unpaired) electrons. The Balaban J connectivity index is 2.36. The first-order valence-electron chi connectivity index (χ1n) is 7.13. The van der Waals surface area contributed by atoms with E-state index < -0.39 is 5.97 Å². The predicted molar refractivity (Wildman–Crippen MR) is 91.3 cm³/mol. The number of aliphatic carboxylic acids is 1. The quantitative estimate of drug-likeness (QED) is 0.252. The Kier molecular flexibility index (Phi) is 3.81. The number of carboxylic acids is 1. The molecule has 0 aliphatic rings. The Hall–Kier alpha value is -3.14. The molecule has 0 bridgehead atoms. The highest BCUT2D eigenvalue weighted by Crippen LogP contribution is 2.31. The molecule has 23 heavy (non-hydrogen) atoms. The molecular formula is C19H15NO3. The summed E-state index contributed by atoms with van der Waals surface area (Å²) < 4.78 is 0. The van der Waals surface area contributed by atoms with E-state index in [2.05, 4.69) is 11.7 Å². The highest BCUT2D eigenvalue weighted by Gasteiger charge is 2.13. The minimum atomic E-state index is -1.01. The zero-order valence-electron chi connectivity index (χ0n) is 12.4. The van der Waals surface area contributed by atoms with Crippen molar-refractivity contribution >= 4 is 33.7 Å². The van der Waals surface area contributed by atoms with E-state index in [0.717, 1.165) is 32.7 Å². The van der Waals surface area contributed by atoms with Gasteiger partial charge in [-0.1, -0.05) is 54.2 Å². The minimum Gasteiger partial charge on any atom is -0.478 e. The van der Waals surface area contributed by atoms with E-state index in [0.29, 0.717) is 0 Å². The monoisotopic (exact) mass is 305 g/mol. The zero-order chi connectivity index (χ0) is 16.4. The van der Waals surface area contributed by atoms with Gasteiger partial charge in [0.05, 0.1) is 6.21 Å². The summed E-state index contributed by atoms with van der Waals surface area (Å²) >= 11 is 0. The maximum atomic E-state index is 11.1. The van der Waals surface area contributed by atoms with E-state index in [-0.39, 0.29) is 12.0 Å². The third-order valence-corrected chi connectivity index (χ3v) is 3.91. The molecule has 4 nitrogen and oxygen atoms in total. The van der Waals surface area contributed by atoms with Gasteiger partial charge in [-0.25, -0.2) is 4.79 Å². The van der Waals surface area contributed by atoms with Gasteiger partial charge in [-0.3, -0.25) is 0 Å². The van der Waals surface area contributed by atoms with Crippen LogP contribution in [0.3, 0.4) is 0 Å². The highest BCUT2D eigenvalue weighted by atomic mass is 16.4. The molecule has 114 valence electrons. The average Bonchev–Trinajstić information content (AvgIpc) is 2.54. The van der Waals surface area contributed by atoms with Gasteiger partial charge >= 0.3 is 5.97 Å². The Morgan fingerprint density at radius 2 is 1.87 bits per heavy atom. The van der Waals surface area contributed by atoms with Crippen LogP contribution in [0.15, 0.2) is 65.8 Å². The molecule has 0 heterocycles. The van der Waals surface area contributed by atoms with Crippen LogP contribution < -0.4 is 0 Å². The first kappa shape index (κ1) is 14.8. The lowest BCUT2D eigenvalue weighted by atomic mass is 9.91. The summed E-state index contributed by atoms with van der Waals surface area (Å²) in [6, 6.07) is 15.6. The third kappa shape index (κ3) is 2.66. The van der Waals surface area contributed by atoms with Crippen LogP contribution in [-0.4, -0.2) is 22.5 Å². The fourth-order valence-electron chi connectivity index (χ4n) is 2.88. The lowest BCUT2D eigenvalue weighted by Crippen LogP contribution is -2.03. The molecule has 0 aliphatic heterocycles. The van der Waals surface area contributed by atoms with Crippen molar-refractivity contribution in [3.8, 4) is 0 Å². The lowest BCUT2D eigenvalue weighted by molar-refractivity contribution is -0.132. The number of benzene rings is 3. The summed E-state index contributed by atoms with van der Waals surface area (Å²) in [6.07, 6.45) is 1.63. The number of rotatable bonds is 4. The molecule has 0 aromatic heterocycles. The van der Waals surface area contributed by atoms with Crippen molar-refractivity contribution in [1.82, 2.24) is 0 Å². The van der Waals surface area contributed by atoms with Gasteiger partial charge in [0.25, 0.3) is 0 Å². The second-order valence-electron chi connectivity index (χ2n) is 5.36. The predicted octanol–water partition coefficient (Wildman–Crippen LogP) is 3.98. The largest absolute Gasteiger partial charge is 0.478 e. The van der Waals surface area contributed by atoms with Gasteiger partial charge in [-0.15, -0.1) is 0 Å². The molecule has 0 amide bonds. The lowest BCUT2D eigenvalue weighted by Gasteiger charge is -2.12. The molecule has 3 aromatic carbocycles. The molecular weight excluding hydrogens is 290 g/mol. The van der Waals surface area contributed by atoms with Crippen LogP contribution in [0.1, 0.15) is 11.1 Å². The van der Waals surface area contributed by atoms with Crippen LogP contribution in [0.25, 0.3) is 21.5 Å². The second kappa shape index (κ2) is 5.93. The van der Waals surface area contributed by atoms with Crippen LogP contribution in [0.5, 0.6) is 0 Å². The minimum absolute atomic E-state index is 0.123. The number of oxime groups is 1. The smallest absolute Gasteiger partial charge is 0.331 e. The van der Waals surface area contributed by atoms with Crippen molar-refractivity contribution in [2.24, 2.45) is 5.16 Å². The average molecular weight is 305 g/mol. The molecule has 0 fully saturated rings. The van der Waals surface area contributed by atoms with Gasteiger partial charge in [0.15, 0.2) is 0 Å². The molecule has 0 unspecified atom stereocenters. The molecule has 0 aliphatic carbocycles. The summed E-state index contributed by atoms with van der Waals surface area (Å²) in [5.41, 5.74) is 1.74. The standard InChI is InChI=1S/C19H15NO3/c1-12(19(21)22)9-14-6-4-7-15-10-13-5-2-3-8-16(13)17(11-20-23)18(14)15/h2-8,10-11,23H,1,9H2,(H,21,22). The number of carboxylic acid groups (broad SMARTS) is 1. The first-order valence-corrected chi connectivity index (χ1v) is 7.13. The summed E-state index contributed by atoms with van der Waals surface area (Å²) in [5, 5.41) is 25.2. The highest BCUT2D eigenvalue weighted by molar-refractivity contribution is 6.14. The SMILES string of the molecule is C=C(Cc1cccc2cc3ccccc3c(C=NO)c12)C(=O)O. The number of hydrogen-bond acceptors (Lipinski definition) is 3. The Labute approximate surface area is 133 Å². The number of fused-ring (bicyclic) bond motifs is 2. The van der Waals surface area contributed by atoms with Crippen LogP contribution in [0.4, 0.5) is 0 Å². The first-order chi connectivity index (χ1) is 11.1. The fraction of sp³-hybridized carbons (Fsp3) is 0.0526. The maximum Gasteiger partial charge on any atom is 0.331 e. The summed E-state index contributed by atoms with van der Waals surface area (Å²) in [7, 11) is 0. The molecule has 0 saturated heterocycles. The Morgan fingerprint density at radius 3 is 2.61 bits per heavy atom. The van der Waals surface area contributed by atoms with Crippen molar-refractivity contribution in [3.63, 3.8) is 0 Å². The molecule has 4 heteroatoms. The van der Waals surface area contributed by atoms with E-state index in [1.807, 2.05) is 48.5 Å². The van der Waals surface area contributed by atoms with Crippen LogP contribution in [0.2, 0.25) is 0 Å². The van der Waals surface area contributed by atoms with E-state index in [1.54, 1.807) is 0 Å². The van der Waals surface area contributed by atoms with Crippen molar-refractivity contribution in [3.05, 3.63) is 71.8 Å². The van der Waals surface area contributed by atoms with Gasteiger partial charge in [0, 0.05) is 17.6 Å². The van der Waals surface area contributed by atoms with Crippen molar-refractivity contribution in [1.29, 1.82) is 0 Å². The molecule has 3 rings (SSSR count). The molecule has 0 atom stereocenters. The van der Waals surface area contributed by atoms with E-state index >= 15 is 0 Å². The Morgan fingerprint density at radius 1 is 1.13 bits per heavy atom. The number of carbonyl (C=O) groups is 1. The zero-order valence-corrected chi connectivity index (χ0v) is 12.4. The summed E-state index contributed by atoms with van der Waals surface area (Å²) in [4.78, 5) is 11.1. The molecule has 3 aromatic rings. The number of hydrogen-bond donors (Lipinski definition) is 2. The van der Waals surface area contributed by atoms with Crippen LogP contribution in [-0.2, 0) is 11.2 Å². The maximum absolute atomic E-state index is 11.1. The van der Waals surface area contributed by atoms with Gasteiger partial charge in [0.2, 0.25) is 0 Å².